The average molecular weight is 284 g/mol. The van der Waals surface area contributed by atoms with E-state index in [4.69, 9.17) is 5.73 Å². The monoisotopic (exact) mass is 284 g/mol. The van der Waals surface area contributed by atoms with Crippen LogP contribution >= 0.6 is 0 Å². The minimum absolute atomic E-state index is 0.211. The molecule has 0 radical (unpaired) electrons. The van der Waals surface area contributed by atoms with Crippen molar-refractivity contribution in [3.8, 4) is 0 Å². The van der Waals surface area contributed by atoms with E-state index in [0.29, 0.717) is 13.0 Å². The first-order valence-electron chi connectivity index (χ1n) is 6.71. The zero-order valence-electron chi connectivity index (χ0n) is 11.1. The van der Waals surface area contributed by atoms with E-state index >= 15 is 0 Å². The van der Waals surface area contributed by atoms with Crippen LogP contribution < -0.4 is 5.73 Å². The largest absolute Gasteiger partial charge is 0.396 e. The Bertz CT molecular complexity index is 508. The topological polar surface area (TPSA) is 66.6 Å². The fourth-order valence-corrected chi connectivity index (χ4v) is 2.54. The van der Waals surface area contributed by atoms with Crippen LogP contribution in [0.2, 0.25) is 0 Å². The number of rotatable bonds is 2. The number of benzene rings is 1. The third-order valence-corrected chi connectivity index (χ3v) is 3.68. The van der Waals surface area contributed by atoms with Crippen molar-refractivity contribution in [1.29, 1.82) is 0 Å². The first-order chi connectivity index (χ1) is 9.56. The van der Waals surface area contributed by atoms with Crippen molar-refractivity contribution in [2.24, 2.45) is 0 Å². The lowest BCUT2D eigenvalue weighted by Crippen LogP contribution is -2.42. The van der Waals surface area contributed by atoms with Gasteiger partial charge in [-0.15, -0.1) is 0 Å². The van der Waals surface area contributed by atoms with E-state index in [1.54, 1.807) is 0 Å². The highest BCUT2D eigenvalue weighted by atomic mass is 19.1. The molecule has 1 aromatic rings. The van der Waals surface area contributed by atoms with Crippen molar-refractivity contribution in [3.63, 3.8) is 0 Å². The summed E-state index contributed by atoms with van der Waals surface area (Å²) in [4.78, 5) is 13.8. The summed E-state index contributed by atoms with van der Waals surface area (Å²) < 4.78 is 27.7. The molecule has 1 amide bonds. The van der Waals surface area contributed by atoms with Crippen LogP contribution in [0.15, 0.2) is 12.1 Å². The predicted molar refractivity (Wildman–Crippen MR) is 71.1 cm³/mol. The lowest BCUT2D eigenvalue weighted by atomic mass is 10.1. The van der Waals surface area contributed by atoms with E-state index in [-0.39, 0.29) is 12.3 Å². The van der Waals surface area contributed by atoms with Gasteiger partial charge in [0.05, 0.1) is 18.3 Å². The van der Waals surface area contributed by atoms with Crippen molar-refractivity contribution in [3.05, 3.63) is 29.3 Å². The lowest BCUT2D eigenvalue weighted by molar-refractivity contribution is 0.0590. The van der Waals surface area contributed by atoms with Gasteiger partial charge in [-0.05, 0) is 25.0 Å². The van der Waals surface area contributed by atoms with Crippen molar-refractivity contribution in [2.75, 3.05) is 18.9 Å². The number of nitrogens with zero attached hydrogens (tertiary/aromatic N) is 1. The molecule has 1 heterocycles. The maximum Gasteiger partial charge on any atom is 0.260 e. The number of hydrogen-bond donors (Lipinski definition) is 2. The molecule has 0 bridgehead atoms. The summed E-state index contributed by atoms with van der Waals surface area (Å²) >= 11 is 0. The number of halogens is 2. The Morgan fingerprint density at radius 3 is 2.80 bits per heavy atom. The molecular formula is C14H18F2N2O2. The predicted octanol–water partition coefficient (Wildman–Crippen LogP) is 1.92. The summed E-state index contributed by atoms with van der Waals surface area (Å²) in [5, 5.41) is 9.37. The summed E-state index contributed by atoms with van der Waals surface area (Å²) in [6, 6.07) is 1.68. The molecule has 3 N–H and O–H groups in total. The molecule has 1 aliphatic rings. The Labute approximate surface area is 116 Å². The van der Waals surface area contributed by atoms with E-state index in [1.807, 2.05) is 0 Å². The number of carbonyl (C=O) groups excluding carboxylic acids is 1. The zero-order valence-corrected chi connectivity index (χ0v) is 11.1. The summed E-state index contributed by atoms with van der Waals surface area (Å²) in [5.41, 5.74) is 4.50. The molecule has 1 unspecified atom stereocenters. The molecule has 0 aromatic heterocycles. The van der Waals surface area contributed by atoms with Gasteiger partial charge < -0.3 is 15.7 Å². The maximum atomic E-state index is 13.9. The number of nitrogens with two attached hydrogens (primary N) is 1. The Kier molecular flexibility index (Phi) is 4.54. The molecule has 4 nitrogen and oxygen atoms in total. The number of likely N-dealkylation sites (tertiary alicyclic amines) is 1. The Morgan fingerprint density at radius 2 is 2.10 bits per heavy atom. The van der Waals surface area contributed by atoms with Gasteiger partial charge in [0.15, 0.2) is 5.82 Å². The number of carbonyl (C=O) groups is 1. The highest BCUT2D eigenvalue weighted by Crippen LogP contribution is 2.24. The fraction of sp³-hybridized carbons (Fsp3) is 0.500. The molecule has 1 aliphatic heterocycles. The smallest absolute Gasteiger partial charge is 0.260 e. The molecule has 6 heteroatoms. The Morgan fingerprint density at radius 1 is 1.35 bits per heavy atom. The number of nitrogen functional groups attached to an aromatic ring is 1. The standard InChI is InChI=1S/C14H18F2N2O2/c15-10-5-6-11(17)13(16)12(10)14(20)18-7-3-1-2-4-9(18)8-19/h5-6,9,19H,1-4,7-8,17H2. The van der Waals surface area contributed by atoms with Crippen LogP contribution in [0.4, 0.5) is 14.5 Å². The second-order valence-corrected chi connectivity index (χ2v) is 5.01. The minimum atomic E-state index is -1.03. The van der Waals surface area contributed by atoms with Gasteiger partial charge in [-0.25, -0.2) is 8.78 Å². The van der Waals surface area contributed by atoms with Gasteiger partial charge in [-0.2, -0.15) is 0 Å². The highest BCUT2D eigenvalue weighted by Gasteiger charge is 2.30. The van der Waals surface area contributed by atoms with E-state index in [1.165, 1.54) is 4.90 Å². The van der Waals surface area contributed by atoms with Gasteiger partial charge in [-0.1, -0.05) is 12.8 Å². The summed E-state index contributed by atoms with van der Waals surface area (Å²) in [5.74, 6) is -2.70. The van der Waals surface area contributed by atoms with Gasteiger partial charge >= 0.3 is 0 Å². The van der Waals surface area contributed by atoms with E-state index in [9.17, 15) is 18.7 Å². The average Bonchev–Trinajstić information content (AvgIpc) is 2.68. The van der Waals surface area contributed by atoms with Crippen molar-refractivity contribution >= 4 is 11.6 Å². The van der Waals surface area contributed by atoms with Crippen molar-refractivity contribution < 1.29 is 18.7 Å². The Hall–Kier alpha value is -1.69. The van der Waals surface area contributed by atoms with Crippen LogP contribution in [0.25, 0.3) is 0 Å². The van der Waals surface area contributed by atoms with Gasteiger partial charge in [0, 0.05) is 6.54 Å². The van der Waals surface area contributed by atoms with Crippen molar-refractivity contribution in [2.45, 2.75) is 31.7 Å². The van der Waals surface area contributed by atoms with Gasteiger partial charge in [0.2, 0.25) is 0 Å². The molecule has 0 saturated carbocycles. The molecular weight excluding hydrogens is 266 g/mol. The highest BCUT2D eigenvalue weighted by molar-refractivity contribution is 5.96. The van der Waals surface area contributed by atoms with Crippen LogP contribution in [0.3, 0.4) is 0 Å². The molecule has 1 aromatic carbocycles. The second-order valence-electron chi connectivity index (χ2n) is 5.01. The molecule has 110 valence electrons. The first kappa shape index (κ1) is 14.7. The first-order valence-corrected chi connectivity index (χ1v) is 6.71. The summed E-state index contributed by atoms with van der Waals surface area (Å²) in [7, 11) is 0. The van der Waals surface area contributed by atoms with Crippen LogP contribution in [-0.4, -0.2) is 35.1 Å². The molecule has 2 rings (SSSR count). The summed E-state index contributed by atoms with van der Waals surface area (Å²) in [6.45, 7) is 0.176. The van der Waals surface area contributed by atoms with E-state index in [2.05, 4.69) is 0 Å². The molecule has 0 spiro atoms. The minimum Gasteiger partial charge on any atom is -0.396 e. The lowest BCUT2D eigenvalue weighted by Gasteiger charge is -2.29. The molecule has 1 fully saturated rings. The molecule has 1 atom stereocenters. The number of amides is 1. The SMILES string of the molecule is Nc1ccc(F)c(C(=O)N2CCCCCC2CO)c1F. The third kappa shape index (κ3) is 2.75. The van der Waals surface area contributed by atoms with Crippen LogP contribution in [0.1, 0.15) is 36.0 Å². The van der Waals surface area contributed by atoms with Crippen LogP contribution in [0, 0.1) is 11.6 Å². The normalized spacial score (nSPS) is 19.8. The van der Waals surface area contributed by atoms with Gasteiger partial charge in [0.1, 0.15) is 11.4 Å². The number of aliphatic hydroxyl groups excluding tert-OH is 1. The van der Waals surface area contributed by atoms with Gasteiger partial charge in [0.25, 0.3) is 5.91 Å². The van der Waals surface area contributed by atoms with Crippen molar-refractivity contribution in [1.82, 2.24) is 4.90 Å². The maximum absolute atomic E-state index is 13.9. The summed E-state index contributed by atoms with van der Waals surface area (Å²) in [6.07, 6.45) is 3.21. The second kappa shape index (κ2) is 6.17. The fourth-order valence-electron chi connectivity index (χ4n) is 2.54. The van der Waals surface area contributed by atoms with Crippen LogP contribution in [0.5, 0.6) is 0 Å². The molecule has 0 aliphatic carbocycles. The molecule has 1 saturated heterocycles. The third-order valence-electron chi connectivity index (χ3n) is 3.68. The van der Waals surface area contributed by atoms with Gasteiger partial charge in [-0.3, -0.25) is 4.79 Å². The quantitative estimate of drug-likeness (QED) is 0.815. The zero-order chi connectivity index (χ0) is 14.7. The van der Waals surface area contributed by atoms with Crippen LogP contribution in [-0.2, 0) is 0 Å². The number of aliphatic hydroxyl groups is 1. The number of hydrogen-bond acceptors (Lipinski definition) is 3. The Balaban J connectivity index is 2.36. The number of anilines is 1. The van der Waals surface area contributed by atoms with E-state index < -0.39 is 29.1 Å². The molecule has 20 heavy (non-hydrogen) atoms. The van der Waals surface area contributed by atoms with E-state index in [0.717, 1.165) is 31.4 Å².